The standard InChI is InChI=1S/C22H23N3O4S/c1-25-12-10-16-14-18(22(24-20(16)25)29-17-6-4-3-5-7-17)21(26)23-19(15-8-9-15)11-13-30(2,27)28/h3-7,10-15,19H,8-9H2,1-2H3,(H,23,26). The average molecular weight is 426 g/mol. The first-order valence-corrected chi connectivity index (χ1v) is 11.6. The molecule has 4 rings (SSSR count). The largest absolute Gasteiger partial charge is 0.438 e. The highest BCUT2D eigenvalue weighted by molar-refractivity contribution is 7.93. The molecule has 7 nitrogen and oxygen atoms in total. The molecule has 30 heavy (non-hydrogen) atoms. The van der Waals surface area contributed by atoms with Gasteiger partial charge in [-0.1, -0.05) is 24.3 Å². The van der Waals surface area contributed by atoms with E-state index in [1.54, 1.807) is 24.3 Å². The summed E-state index contributed by atoms with van der Waals surface area (Å²) in [6.07, 6.45) is 6.45. The zero-order valence-electron chi connectivity index (χ0n) is 16.8. The molecule has 156 valence electrons. The summed E-state index contributed by atoms with van der Waals surface area (Å²) in [5.74, 6) is 0.658. The van der Waals surface area contributed by atoms with Crippen molar-refractivity contribution in [3.63, 3.8) is 0 Å². The number of pyridine rings is 1. The molecule has 2 aromatic heterocycles. The number of ether oxygens (including phenoxy) is 1. The van der Waals surface area contributed by atoms with Gasteiger partial charge in [-0.15, -0.1) is 0 Å². The third-order valence-electron chi connectivity index (χ3n) is 4.97. The zero-order valence-corrected chi connectivity index (χ0v) is 17.6. The number of aromatic nitrogens is 2. The third kappa shape index (κ3) is 4.71. The molecule has 1 aliphatic carbocycles. The highest BCUT2D eigenvalue weighted by Gasteiger charge is 2.32. The van der Waals surface area contributed by atoms with Gasteiger partial charge in [0.1, 0.15) is 17.0 Å². The Hall–Kier alpha value is -3.13. The van der Waals surface area contributed by atoms with E-state index < -0.39 is 9.84 Å². The normalized spacial score (nSPS) is 15.4. The molecular weight excluding hydrogens is 402 g/mol. The lowest BCUT2D eigenvalue weighted by molar-refractivity contribution is 0.0938. The van der Waals surface area contributed by atoms with Gasteiger partial charge in [0.2, 0.25) is 5.88 Å². The SMILES string of the molecule is Cn1ccc2cc(C(=O)NC(C=CS(C)(=O)=O)C3CC3)c(Oc3ccccc3)nc21. The first-order valence-electron chi connectivity index (χ1n) is 9.68. The number of aryl methyl sites for hydroxylation is 1. The Morgan fingerprint density at radius 2 is 2.00 bits per heavy atom. The van der Waals surface area contributed by atoms with Gasteiger partial charge in [-0.25, -0.2) is 8.42 Å². The summed E-state index contributed by atoms with van der Waals surface area (Å²) < 4.78 is 30.8. The van der Waals surface area contributed by atoms with E-state index in [0.29, 0.717) is 17.0 Å². The van der Waals surface area contributed by atoms with E-state index in [2.05, 4.69) is 10.3 Å². The van der Waals surface area contributed by atoms with Gasteiger partial charge in [0, 0.05) is 30.3 Å². The Balaban J connectivity index is 1.68. The van der Waals surface area contributed by atoms with Crippen LogP contribution in [-0.2, 0) is 16.9 Å². The molecule has 1 aromatic carbocycles. The molecule has 0 radical (unpaired) electrons. The molecule has 1 aliphatic rings. The van der Waals surface area contributed by atoms with Crippen LogP contribution in [0.4, 0.5) is 0 Å². The molecular formula is C22H23N3O4S. The molecule has 1 amide bonds. The average Bonchev–Trinajstić information content (AvgIpc) is 3.49. The lowest BCUT2D eigenvalue weighted by Gasteiger charge is -2.16. The van der Waals surface area contributed by atoms with Crippen molar-refractivity contribution >= 4 is 26.8 Å². The topological polar surface area (TPSA) is 90.3 Å². The molecule has 0 saturated heterocycles. The highest BCUT2D eigenvalue weighted by atomic mass is 32.2. The Bertz CT molecular complexity index is 1210. The van der Waals surface area contributed by atoms with E-state index in [1.165, 1.54) is 0 Å². The van der Waals surface area contributed by atoms with Crippen molar-refractivity contribution in [3.8, 4) is 11.6 Å². The predicted molar refractivity (Wildman–Crippen MR) is 115 cm³/mol. The second kappa shape index (κ2) is 7.95. The number of amides is 1. The van der Waals surface area contributed by atoms with Crippen molar-refractivity contribution in [3.05, 3.63) is 65.7 Å². The second-order valence-corrected chi connectivity index (χ2v) is 9.52. The van der Waals surface area contributed by atoms with Gasteiger partial charge in [0.15, 0.2) is 9.84 Å². The second-order valence-electron chi connectivity index (χ2n) is 7.59. The van der Waals surface area contributed by atoms with Crippen LogP contribution < -0.4 is 10.1 Å². The minimum atomic E-state index is -3.27. The zero-order chi connectivity index (χ0) is 21.3. The van der Waals surface area contributed by atoms with Crippen LogP contribution in [0.25, 0.3) is 11.0 Å². The summed E-state index contributed by atoms with van der Waals surface area (Å²) in [4.78, 5) is 17.7. The van der Waals surface area contributed by atoms with Gasteiger partial charge < -0.3 is 14.6 Å². The number of nitrogens with one attached hydrogen (secondary N) is 1. The maximum Gasteiger partial charge on any atom is 0.257 e. The smallest absolute Gasteiger partial charge is 0.257 e. The quantitative estimate of drug-likeness (QED) is 0.626. The molecule has 3 aromatic rings. The third-order valence-corrected chi connectivity index (χ3v) is 5.62. The number of benzene rings is 1. The maximum absolute atomic E-state index is 13.2. The predicted octanol–water partition coefficient (Wildman–Crippen LogP) is 3.43. The molecule has 0 bridgehead atoms. The van der Waals surface area contributed by atoms with E-state index >= 15 is 0 Å². The molecule has 0 spiro atoms. The van der Waals surface area contributed by atoms with Gasteiger partial charge >= 0.3 is 0 Å². The van der Waals surface area contributed by atoms with E-state index in [4.69, 9.17) is 4.74 Å². The number of nitrogens with zero attached hydrogens (tertiary/aromatic N) is 2. The van der Waals surface area contributed by atoms with Crippen molar-refractivity contribution in [1.29, 1.82) is 0 Å². The van der Waals surface area contributed by atoms with E-state index in [0.717, 1.165) is 29.9 Å². The molecule has 1 atom stereocenters. The van der Waals surface area contributed by atoms with Crippen LogP contribution in [0.15, 0.2) is 60.1 Å². The Labute approximate surface area is 175 Å². The first kappa shape index (κ1) is 20.2. The van der Waals surface area contributed by atoms with Crippen molar-refractivity contribution in [2.45, 2.75) is 18.9 Å². The number of fused-ring (bicyclic) bond motifs is 1. The van der Waals surface area contributed by atoms with Crippen LogP contribution in [0, 0.1) is 5.92 Å². The molecule has 1 unspecified atom stereocenters. The Morgan fingerprint density at radius 1 is 1.27 bits per heavy atom. The number of carbonyl (C=O) groups excluding carboxylic acids is 1. The summed E-state index contributed by atoms with van der Waals surface area (Å²) in [7, 11) is -1.40. The monoisotopic (exact) mass is 425 g/mol. The van der Waals surface area contributed by atoms with Gasteiger partial charge in [-0.2, -0.15) is 4.98 Å². The number of para-hydroxylation sites is 1. The van der Waals surface area contributed by atoms with Crippen LogP contribution in [-0.4, -0.2) is 36.2 Å². The Morgan fingerprint density at radius 3 is 2.67 bits per heavy atom. The van der Waals surface area contributed by atoms with Crippen molar-refractivity contribution in [2.75, 3.05) is 6.26 Å². The number of carbonyl (C=O) groups is 1. The minimum absolute atomic E-state index is 0.203. The number of hydrogen-bond acceptors (Lipinski definition) is 5. The number of hydrogen-bond donors (Lipinski definition) is 1. The molecule has 0 aliphatic heterocycles. The molecule has 1 N–H and O–H groups in total. The van der Waals surface area contributed by atoms with Crippen molar-refractivity contribution in [1.82, 2.24) is 14.9 Å². The number of sulfone groups is 1. The summed E-state index contributed by atoms with van der Waals surface area (Å²) in [5.41, 5.74) is 1.00. The van der Waals surface area contributed by atoms with E-state index in [-0.39, 0.29) is 23.7 Å². The molecule has 8 heteroatoms. The lowest BCUT2D eigenvalue weighted by Crippen LogP contribution is -2.35. The van der Waals surface area contributed by atoms with Crippen LogP contribution in [0.5, 0.6) is 11.6 Å². The van der Waals surface area contributed by atoms with Crippen LogP contribution in [0.3, 0.4) is 0 Å². The van der Waals surface area contributed by atoms with Crippen LogP contribution in [0.1, 0.15) is 23.2 Å². The maximum atomic E-state index is 13.2. The first-order chi connectivity index (χ1) is 14.3. The fourth-order valence-electron chi connectivity index (χ4n) is 3.25. The van der Waals surface area contributed by atoms with Crippen LogP contribution in [0.2, 0.25) is 0 Å². The molecule has 2 heterocycles. The fourth-order valence-corrected chi connectivity index (χ4v) is 3.70. The summed E-state index contributed by atoms with van der Waals surface area (Å²) in [6.45, 7) is 0. The van der Waals surface area contributed by atoms with Gasteiger partial charge in [-0.05, 0) is 43.0 Å². The lowest BCUT2D eigenvalue weighted by atomic mass is 10.1. The minimum Gasteiger partial charge on any atom is -0.438 e. The summed E-state index contributed by atoms with van der Waals surface area (Å²) >= 11 is 0. The van der Waals surface area contributed by atoms with Gasteiger partial charge in [0.25, 0.3) is 5.91 Å². The fraction of sp³-hybridized carbons (Fsp3) is 0.273. The van der Waals surface area contributed by atoms with Gasteiger partial charge in [0.05, 0.1) is 6.04 Å². The van der Waals surface area contributed by atoms with Crippen molar-refractivity contribution < 1.29 is 17.9 Å². The molecule has 1 fully saturated rings. The highest BCUT2D eigenvalue weighted by Crippen LogP contribution is 2.34. The van der Waals surface area contributed by atoms with E-state index in [9.17, 15) is 13.2 Å². The van der Waals surface area contributed by atoms with Crippen LogP contribution >= 0.6 is 0 Å². The summed E-state index contributed by atoms with van der Waals surface area (Å²) in [6, 6.07) is 12.4. The number of rotatable bonds is 7. The van der Waals surface area contributed by atoms with Gasteiger partial charge in [-0.3, -0.25) is 4.79 Å². The molecule has 1 saturated carbocycles. The van der Waals surface area contributed by atoms with Crippen molar-refractivity contribution in [2.24, 2.45) is 13.0 Å². The summed E-state index contributed by atoms with van der Waals surface area (Å²) in [5, 5.41) is 4.91. The van der Waals surface area contributed by atoms with E-state index in [1.807, 2.05) is 42.1 Å². The Kier molecular flexibility index (Phi) is 5.34.